The van der Waals surface area contributed by atoms with Crippen molar-refractivity contribution in [3.05, 3.63) is 0 Å². The molecule has 6 nitrogen and oxygen atoms in total. The lowest BCUT2D eigenvalue weighted by Gasteiger charge is -2.31. The summed E-state index contributed by atoms with van der Waals surface area (Å²) in [6.07, 6.45) is 3.11. The van der Waals surface area contributed by atoms with Crippen molar-refractivity contribution >= 4 is 54.9 Å². The predicted molar refractivity (Wildman–Crippen MR) is 106 cm³/mol. The van der Waals surface area contributed by atoms with Gasteiger partial charge in [-0.3, -0.25) is 14.4 Å². The molecule has 0 rings (SSSR count). The van der Waals surface area contributed by atoms with Gasteiger partial charge in [-0.1, -0.05) is 6.92 Å². The molecule has 0 heterocycles. The van der Waals surface area contributed by atoms with Crippen LogP contribution in [0.25, 0.3) is 0 Å². The molecule has 0 spiro atoms. The second-order valence-corrected chi connectivity index (χ2v) is 7.41. The summed E-state index contributed by atoms with van der Waals surface area (Å²) in [7, 11) is 0. The minimum absolute atomic E-state index is 0.0140. The maximum Gasteiger partial charge on any atom is 0.306 e. The van der Waals surface area contributed by atoms with E-state index in [-0.39, 0.29) is 50.6 Å². The minimum Gasteiger partial charge on any atom is -0.465 e. The quantitative estimate of drug-likeness (QED) is 0.258. The van der Waals surface area contributed by atoms with Gasteiger partial charge in [-0.15, -0.1) is 0 Å². The van der Waals surface area contributed by atoms with E-state index >= 15 is 0 Å². The van der Waals surface area contributed by atoms with Crippen LogP contribution in [0.1, 0.15) is 32.6 Å². The van der Waals surface area contributed by atoms with Crippen molar-refractivity contribution in [1.82, 2.24) is 0 Å². The van der Waals surface area contributed by atoms with Crippen LogP contribution in [0, 0.1) is 5.41 Å². The van der Waals surface area contributed by atoms with Crippen molar-refractivity contribution in [3.8, 4) is 0 Å². The van der Waals surface area contributed by atoms with Crippen LogP contribution in [0.5, 0.6) is 0 Å². The van der Waals surface area contributed by atoms with Crippen molar-refractivity contribution < 1.29 is 28.6 Å². The van der Waals surface area contributed by atoms with Crippen molar-refractivity contribution in [2.75, 3.05) is 43.3 Å². The van der Waals surface area contributed by atoms with Crippen LogP contribution in [-0.2, 0) is 28.6 Å². The Morgan fingerprint density at radius 2 is 1.24 bits per heavy atom. The first-order valence-electron chi connectivity index (χ1n) is 8.10. The molecular formula is C16H28O6S3. The van der Waals surface area contributed by atoms with E-state index in [4.69, 9.17) is 14.2 Å². The van der Waals surface area contributed by atoms with E-state index < -0.39 is 5.41 Å². The summed E-state index contributed by atoms with van der Waals surface area (Å²) in [6.45, 7) is 1.92. The second kappa shape index (κ2) is 14.6. The third-order valence-electron chi connectivity index (χ3n) is 3.51. The predicted octanol–water partition coefficient (Wildman–Crippen LogP) is 2.41. The fraction of sp³-hybridized carbons (Fsp3) is 0.812. The highest BCUT2D eigenvalue weighted by atomic mass is 32.2. The lowest BCUT2D eigenvalue weighted by molar-refractivity contribution is -0.161. The third-order valence-corrected chi connectivity index (χ3v) is 4.57. The number of rotatable bonds is 14. The van der Waals surface area contributed by atoms with Crippen LogP contribution in [-0.4, -0.2) is 61.2 Å². The van der Waals surface area contributed by atoms with Gasteiger partial charge in [0, 0.05) is 17.3 Å². The molecule has 0 aliphatic heterocycles. The molecule has 0 aromatic carbocycles. The Labute approximate surface area is 164 Å². The van der Waals surface area contributed by atoms with Crippen molar-refractivity contribution in [1.29, 1.82) is 0 Å². The highest BCUT2D eigenvalue weighted by Gasteiger charge is 2.34. The molecule has 0 amide bonds. The zero-order chi connectivity index (χ0) is 19.1. The second-order valence-electron chi connectivity index (χ2n) is 5.53. The van der Waals surface area contributed by atoms with Gasteiger partial charge in [-0.25, -0.2) is 0 Å². The number of carbonyl (C=O) groups is 3. The molecule has 0 unspecified atom stereocenters. The van der Waals surface area contributed by atoms with Gasteiger partial charge in [-0.2, -0.15) is 37.0 Å². The fourth-order valence-corrected chi connectivity index (χ4v) is 2.45. The van der Waals surface area contributed by atoms with Gasteiger partial charge in [-0.05, 0) is 12.7 Å². The largest absolute Gasteiger partial charge is 0.465 e. The first kappa shape index (κ1) is 24.5. The highest BCUT2D eigenvalue weighted by molar-refractivity contribution is 7.98. The maximum atomic E-state index is 11.8. The Balaban J connectivity index is 4.80. The topological polar surface area (TPSA) is 78.9 Å². The first-order valence-corrected chi connectivity index (χ1v) is 10.8. The lowest BCUT2D eigenvalue weighted by Crippen LogP contribution is -2.39. The number of ether oxygens (including phenoxy) is 3. The van der Waals surface area contributed by atoms with Crippen LogP contribution in [0.2, 0.25) is 0 Å². The molecule has 9 heteroatoms. The number of carbonyl (C=O) groups excluding carboxylic acids is 3. The Hall–Kier alpha value is -0.540. The molecule has 0 aromatic heterocycles. The van der Waals surface area contributed by atoms with Gasteiger partial charge in [0.1, 0.15) is 19.8 Å². The van der Waals surface area contributed by atoms with E-state index in [2.05, 4.69) is 25.3 Å². The Kier molecular flexibility index (Phi) is 14.3. The molecule has 0 saturated heterocycles. The van der Waals surface area contributed by atoms with Crippen LogP contribution >= 0.6 is 37.0 Å². The van der Waals surface area contributed by atoms with Gasteiger partial charge in [0.15, 0.2) is 0 Å². The molecule has 0 aromatic rings. The van der Waals surface area contributed by atoms with Gasteiger partial charge >= 0.3 is 17.9 Å². The van der Waals surface area contributed by atoms with E-state index in [1.807, 2.05) is 13.2 Å². The summed E-state index contributed by atoms with van der Waals surface area (Å²) in [5.41, 5.74) is -0.756. The summed E-state index contributed by atoms with van der Waals surface area (Å²) in [4.78, 5) is 35.0. The zero-order valence-corrected chi connectivity index (χ0v) is 17.4. The van der Waals surface area contributed by atoms with Crippen LogP contribution < -0.4 is 0 Å². The van der Waals surface area contributed by atoms with Crippen LogP contribution in [0.3, 0.4) is 0 Å². The van der Waals surface area contributed by atoms with Gasteiger partial charge < -0.3 is 14.2 Å². The number of thiol groups is 2. The molecule has 25 heavy (non-hydrogen) atoms. The summed E-state index contributed by atoms with van der Waals surface area (Å²) in [5, 5.41) is 0. The van der Waals surface area contributed by atoms with Crippen LogP contribution in [0.15, 0.2) is 0 Å². The Morgan fingerprint density at radius 3 is 1.56 bits per heavy atom. The molecule has 0 fully saturated rings. The number of hydrogen-bond donors (Lipinski definition) is 2. The summed E-state index contributed by atoms with van der Waals surface area (Å²) in [6, 6.07) is 0. The van der Waals surface area contributed by atoms with E-state index in [1.54, 1.807) is 11.8 Å². The molecular weight excluding hydrogens is 384 g/mol. The highest BCUT2D eigenvalue weighted by Crippen LogP contribution is 2.25. The standard InChI is InChI=1S/C16H28O6S3/c1-3-16(10-20-13(17)4-7-23,11-21-14(18)5-8-24)12-22-15(19)6-9-25-2/h23-24H,3-12H2,1-2H3. The third kappa shape index (κ3) is 11.6. The normalized spacial score (nSPS) is 11.0. The van der Waals surface area contributed by atoms with Gasteiger partial charge in [0.05, 0.1) is 24.7 Å². The van der Waals surface area contributed by atoms with E-state index in [9.17, 15) is 14.4 Å². The maximum absolute atomic E-state index is 11.8. The Bertz CT molecular complexity index is 395. The van der Waals surface area contributed by atoms with Gasteiger partial charge in [0.2, 0.25) is 0 Å². The number of hydrogen-bond acceptors (Lipinski definition) is 9. The first-order chi connectivity index (χ1) is 11.9. The zero-order valence-electron chi connectivity index (χ0n) is 14.8. The molecule has 0 radical (unpaired) electrons. The number of thioether (sulfide) groups is 1. The number of esters is 3. The molecule has 0 aliphatic rings. The summed E-state index contributed by atoms with van der Waals surface area (Å²) < 4.78 is 15.8. The summed E-state index contributed by atoms with van der Waals surface area (Å²) >= 11 is 9.54. The van der Waals surface area contributed by atoms with Gasteiger partial charge in [0.25, 0.3) is 0 Å². The molecule has 0 atom stereocenters. The minimum atomic E-state index is -0.756. The lowest BCUT2D eigenvalue weighted by atomic mass is 9.88. The average molecular weight is 413 g/mol. The molecule has 0 aliphatic carbocycles. The van der Waals surface area contributed by atoms with Crippen LogP contribution in [0.4, 0.5) is 0 Å². The van der Waals surface area contributed by atoms with Crippen molar-refractivity contribution in [2.24, 2.45) is 5.41 Å². The molecule has 0 bridgehead atoms. The molecule has 146 valence electrons. The average Bonchev–Trinajstić information content (AvgIpc) is 2.60. The SMILES string of the molecule is CCC(COC(=O)CCS)(COC(=O)CCS)COC(=O)CCSC. The van der Waals surface area contributed by atoms with Crippen molar-refractivity contribution in [3.63, 3.8) is 0 Å². The Morgan fingerprint density at radius 1 is 0.840 bits per heavy atom. The smallest absolute Gasteiger partial charge is 0.306 e. The fourth-order valence-electron chi connectivity index (χ4n) is 1.72. The van der Waals surface area contributed by atoms with E-state index in [1.165, 1.54) is 0 Å². The monoisotopic (exact) mass is 412 g/mol. The molecule has 0 N–H and O–H groups in total. The van der Waals surface area contributed by atoms with Crippen molar-refractivity contribution in [2.45, 2.75) is 32.6 Å². The molecule has 0 saturated carbocycles. The van der Waals surface area contributed by atoms with E-state index in [0.717, 1.165) is 0 Å². The van der Waals surface area contributed by atoms with E-state index in [0.29, 0.717) is 30.1 Å². The summed E-state index contributed by atoms with van der Waals surface area (Å²) in [5.74, 6) is 0.352.